The van der Waals surface area contributed by atoms with Gasteiger partial charge in [-0.15, -0.1) is 0 Å². The van der Waals surface area contributed by atoms with Crippen LogP contribution in [0.5, 0.6) is 11.5 Å². The first-order valence-corrected chi connectivity index (χ1v) is 9.68. The third kappa shape index (κ3) is 3.12. The van der Waals surface area contributed by atoms with E-state index in [9.17, 15) is 4.39 Å². The number of hydrogen-bond donors (Lipinski definition) is 2. The van der Waals surface area contributed by atoms with Crippen LogP contribution >= 0.6 is 0 Å². The van der Waals surface area contributed by atoms with Crippen molar-refractivity contribution in [3.05, 3.63) is 54.1 Å². The van der Waals surface area contributed by atoms with Crippen molar-refractivity contribution < 1.29 is 13.9 Å². The lowest BCUT2D eigenvalue weighted by Gasteiger charge is -2.26. The number of aromatic nitrogens is 3. The van der Waals surface area contributed by atoms with E-state index in [1.807, 2.05) is 18.2 Å². The zero-order valence-corrected chi connectivity index (χ0v) is 16.2. The molecular formula is C22H21FN4O2. The Morgan fingerprint density at radius 2 is 1.86 bits per heavy atom. The van der Waals surface area contributed by atoms with E-state index in [2.05, 4.69) is 34.1 Å². The highest BCUT2D eigenvalue weighted by Crippen LogP contribution is 2.37. The summed E-state index contributed by atoms with van der Waals surface area (Å²) in [6, 6.07) is 10.7. The lowest BCUT2D eigenvalue weighted by Crippen LogP contribution is -2.19. The van der Waals surface area contributed by atoms with Crippen LogP contribution in [0.15, 0.2) is 42.7 Å². The molecule has 0 radical (unpaired) electrons. The molecule has 4 aromatic rings. The van der Waals surface area contributed by atoms with E-state index in [-0.39, 0.29) is 17.8 Å². The van der Waals surface area contributed by atoms with Crippen molar-refractivity contribution >= 4 is 27.8 Å². The lowest BCUT2D eigenvalue weighted by molar-refractivity contribution is 0.171. The summed E-state index contributed by atoms with van der Waals surface area (Å²) >= 11 is 0. The molecule has 2 N–H and O–H groups in total. The Morgan fingerprint density at radius 3 is 2.69 bits per heavy atom. The number of fused-ring (bicyclic) bond motifs is 4. The molecule has 29 heavy (non-hydrogen) atoms. The highest BCUT2D eigenvalue weighted by Gasteiger charge is 2.22. The summed E-state index contributed by atoms with van der Waals surface area (Å²) in [6.45, 7) is 5.42. The van der Waals surface area contributed by atoms with Gasteiger partial charge in [-0.25, -0.2) is 14.4 Å². The predicted molar refractivity (Wildman–Crippen MR) is 110 cm³/mol. The molecule has 7 heteroatoms. The van der Waals surface area contributed by atoms with Crippen LogP contribution in [0, 0.1) is 11.7 Å². The third-order valence-corrected chi connectivity index (χ3v) is 5.24. The largest absolute Gasteiger partial charge is 0.486 e. The number of nitrogens with zero attached hydrogens (tertiary/aromatic N) is 2. The maximum atomic E-state index is 13.6. The SMILES string of the molecule is CC(C)[C@@H](Nc1ncnc2[nH]c3cc(F)ccc3c12)c1ccc2c(c1)OCCO2. The van der Waals surface area contributed by atoms with Gasteiger partial charge in [0.05, 0.1) is 16.9 Å². The van der Waals surface area contributed by atoms with Crippen molar-refractivity contribution in [1.29, 1.82) is 0 Å². The monoisotopic (exact) mass is 392 g/mol. The van der Waals surface area contributed by atoms with Gasteiger partial charge < -0.3 is 19.8 Å². The summed E-state index contributed by atoms with van der Waals surface area (Å²) in [5.74, 6) is 2.23. The highest BCUT2D eigenvalue weighted by atomic mass is 19.1. The molecule has 0 amide bonds. The Morgan fingerprint density at radius 1 is 1.03 bits per heavy atom. The topological polar surface area (TPSA) is 72.1 Å². The molecule has 1 aliphatic heterocycles. The van der Waals surface area contributed by atoms with Crippen LogP contribution in [-0.2, 0) is 0 Å². The number of halogens is 1. The summed E-state index contributed by atoms with van der Waals surface area (Å²) in [4.78, 5) is 12.0. The molecule has 0 spiro atoms. The molecule has 6 nitrogen and oxygen atoms in total. The van der Waals surface area contributed by atoms with Gasteiger partial charge in [-0.1, -0.05) is 19.9 Å². The van der Waals surface area contributed by atoms with Crippen LogP contribution in [-0.4, -0.2) is 28.2 Å². The van der Waals surface area contributed by atoms with Crippen LogP contribution in [0.2, 0.25) is 0 Å². The standard InChI is InChI=1S/C22H21FN4O2/c1-12(2)20(13-3-6-17-18(9-13)29-8-7-28-17)27-22-19-15-5-4-14(23)10-16(15)26-21(19)24-11-25-22/h3-6,9-12,20H,7-8H2,1-2H3,(H2,24,25,26,27)/t20-/m1/s1. The minimum absolute atomic E-state index is 0.00525. The van der Waals surface area contributed by atoms with E-state index in [0.29, 0.717) is 30.2 Å². The van der Waals surface area contributed by atoms with Crippen molar-refractivity contribution in [2.24, 2.45) is 5.92 Å². The molecule has 2 aromatic heterocycles. The van der Waals surface area contributed by atoms with Crippen LogP contribution in [0.25, 0.3) is 21.9 Å². The van der Waals surface area contributed by atoms with Crippen molar-refractivity contribution in [2.75, 3.05) is 18.5 Å². The zero-order valence-electron chi connectivity index (χ0n) is 16.2. The van der Waals surface area contributed by atoms with E-state index < -0.39 is 0 Å². The second kappa shape index (κ2) is 6.92. The number of hydrogen-bond acceptors (Lipinski definition) is 5. The van der Waals surface area contributed by atoms with Crippen molar-refractivity contribution in [3.8, 4) is 11.5 Å². The van der Waals surface area contributed by atoms with Gasteiger partial charge in [0.15, 0.2) is 11.5 Å². The van der Waals surface area contributed by atoms with Gasteiger partial charge in [0.2, 0.25) is 0 Å². The summed E-state index contributed by atoms with van der Waals surface area (Å²) in [6.07, 6.45) is 1.51. The number of rotatable bonds is 4. The summed E-state index contributed by atoms with van der Waals surface area (Å²) in [5, 5.41) is 5.31. The molecule has 0 saturated carbocycles. The molecule has 1 aliphatic rings. The van der Waals surface area contributed by atoms with Gasteiger partial charge in [0.25, 0.3) is 0 Å². The van der Waals surface area contributed by atoms with Gasteiger partial charge in [0.1, 0.15) is 36.8 Å². The number of aromatic amines is 1. The fraction of sp³-hybridized carbons (Fsp3) is 0.273. The van der Waals surface area contributed by atoms with Gasteiger partial charge >= 0.3 is 0 Å². The molecule has 148 valence electrons. The molecule has 3 heterocycles. The van der Waals surface area contributed by atoms with Gasteiger partial charge in [0, 0.05) is 5.39 Å². The van der Waals surface area contributed by atoms with Crippen molar-refractivity contribution in [3.63, 3.8) is 0 Å². The first kappa shape index (κ1) is 17.7. The van der Waals surface area contributed by atoms with Crippen LogP contribution < -0.4 is 14.8 Å². The smallest absolute Gasteiger partial charge is 0.161 e. The molecule has 0 fully saturated rings. The second-order valence-electron chi connectivity index (χ2n) is 7.53. The van der Waals surface area contributed by atoms with E-state index in [4.69, 9.17) is 9.47 Å². The van der Waals surface area contributed by atoms with Crippen molar-refractivity contribution in [2.45, 2.75) is 19.9 Å². The quantitative estimate of drug-likeness (QED) is 0.520. The fourth-order valence-electron chi connectivity index (χ4n) is 3.85. The van der Waals surface area contributed by atoms with E-state index in [1.165, 1.54) is 18.5 Å². The molecule has 0 aliphatic carbocycles. The Hall–Kier alpha value is -3.35. The van der Waals surface area contributed by atoms with Crippen LogP contribution in [0.1, 0.15) is 25.5 Å². The highest BCUT2D eigenvalue weighted by molar-refractivity contribution is 6.11. The molecule has 0 saturated heterocycles. The second-order valence-corrected chi connectivity index (χ2v) is 7.53. The minimum atomic E-state index is -0.289. The molecule has 0 unspecified atom stereocenters. The van der Waals surface area contributed by atoms with E-state index >= 15 is 0 Å². The van der Waals surface area contributed by atoms with E-state index in [1.54, 1.807) is 6.07 Å². The van der Waals surface area contributed by atoms with Gasteiger partial charge in [-0.05, 0) is 41.8 Å². The predicted octanol–water partition coefficient (Wildman–Crippen LogP) is 4.83. The maximum absolute atomic E-state index is 13.6. The van der Waals surface area contributed by atoms with Crippen LogP contribution in [0.4, 0.5) is 10.2 Å². The molecule has 2 aromatic carbocycles. The zero-order chi connectivity index (χ0) is 20.0. The average Bonchev–Trinajstić information content (AvgIpc) is 3.09. The van der Waals surface area contributed by atoms with E-state index in [0.717, 1.165) is 27.8 Å². The minimum Gasteiger partial charge on any atom is -0.486 e. The number of H-pyrrole nitrogens is 1. The summed E-state index contributed by atoms with van der Waals surface area (Å²) < 4.78 is 25.0. The Bertz CT molecular complexity index is 1200. The number of nitrogens with one attached hydrogen (secondary N) is 2. The third-order valence-electron chi connectivity index (χ3n) is 5.24. The number of benzene rings is 2. The molecular weight excluding hydrogens is 371 g/mol. The maximum Gasteiger partial charge on any atom is 0.161 e. The summed E-state index contributed by atoms with van der Waals surface area (Å²) in [7, 11) is 0. The number of anilines is 1. The number of ether oxygens (including phenoxy) is 2. The van der Waals surface area contributed by atoms with Crippen LogP contribution in [0.3, 0.4) is 0 Å². The molecule has 1 atom stereocenters. The fourth-order valence-corrected chi connectivity index (χ4v) is 3.85. The summed E-state index contributed by atoms with van der Waals surface area (Å²) in [5.41, 5.74) is 2.46. The first-order valence-electron chi connectivity index (χ1n) is 9.68. The normalized spacial score (nSPS) is 14.5. The van der Waals surface area contributed by atoms with Gasteiger partial charge in [-0.3, -0.25) is 0 Å². The lowest BCUT2D eigenvalue weighted by atomic mass is 9.95. The van der Waals surface area contributed by atoms with Crippen molar-refractivity contribution in [1.82, 2.24) is 15.0 Å². The van der Waals surface area contributed by atoms with Gasteiger partial charge in [-0.2, -0.15) is 0 Å². The Kier molecular flexibility index (Phi) is 4.23. The molecule has 0 bridgehead atoms. The molecule has 5 rings (SSSR count). The Labute approximate surface area is 167 Å². The average molecular weight is 392 g/mol. The Balaban J connectivity index is 1.58. The first-order chi connectivity index (χ1) is 14.1.